The maximum absolute atomic E-state index is 12.0. The van der Waals surface area contributed by atoms with Gasteiger partial charge in [0, 0.05) is 29.7 Å². The number of rotatable bonds is 2. The lowest BCUT2D eigenvalue weighted by Gasteiger charge is -2.21. The van der Waals surface area contributed by atoms with E-state index in [1.807, 2.05) is 19.9 Å². The van der Waals surface area contributed by atoms with Gasteiger partial charge in [-0.2, -0.15) is 0 Å². The van der Waals surface area contributed by atoms with Gasteiger partial charge in [-0.05, 0) is 30.9 Å². The van der Waals surface area contributed by atoms with E-state index in [-0.39, 0.29) is 5.56 Å². The summed E-state index contributed by atoms with van der Waals surface area (Å²) in [5, 5.41) is 0. The minimum atomic E-state index is 0.0339. The van der Waals surface area contributed by atoms with Crippen molar-refractivity contribution in [3.05, 3.63) is 46.6 Å². The molecule has 0 atom stereocenters. The Bertz CT molecular complexity index is 601. The van der Waals surface area contributed by atoms with Gasteiger partial charge in [0.05, 0.1) is 0 Å². The van der Waals surface area contributed by atoms with Gasteiger partial charge < -0.3 is 4.98 Å². The second-order valence-electron chi connectivity index (χ2n) is 5.08. The third-order valence-electron chi connectivity index (χ3n) is 3.80. The van der Waals surface area contributed by atoms with Crippen LogP contribution in [0.5, 0.6) is 0 Å². The van der Waals surface area contributed by atoms with E-state index in [1.54, 1.807) is 24.7 Å². The standard InChI is InChI=1S/C15H17N3O.C2H6/c19-15-13(11-5-2-1-3-6-11)9-12(10-18-15)14-16-7-4-8-17-14;1-2/h4,7-11H,1-3,5-6H2,(H,18,19);1-2H3. The van der Waals surface area contributed by atoms with Crippen LogP contribution in [0.4, 0.5) is 0 Å². The summed E-state index contributed by atoms with van der Waals surface area (Å²) in [4.78, 5) is 23.3. The predicted molar refractivity (Wildman–Crippen MR) is 85.3 cm³/mol. The Morgan fingerprint density at radius 2 is 1.76 bits per heavy atom. The predicted octanol–water partition coefficient (Wildman–Crippen LogP) is 3.91. The van der Waals surface area contributed by atoms with E-state index >= 15 is 0 Å². The minimum Gasteiger partial charge on any atom is -0.328 e. The average Bonchev–Trinajstić information content (AvgIpc) is 2.59. The average molecular weight is 285 g/mol. The summed E-state index contributed by atoms with van der Waals surface area (Å²) in [6.45, 7) is 4.00. The highest BCUT2D eigenvalue weighted by Gasteiger charge is 2.19. The zero-order valence-electron chi connectivity index (χ0n) is 12.8. The summed E-state index contributed by atoms with van der Waals surface area (Å²) >= 11 is 0. The van der Waals surface area contributed by atoms with Crippen LogP contribution in [0.1, 0.15) is 57.4 Å². The number of nitrogens with zero attached hydrogens (tertiary/aromatic N) is 2. The van der Waals surface area contributed by atoms with E-state index in [9.17, 15) is 4.79 Å². The molecule has 3 rings (SSSR count). The summed E-state index contributed by atoms with van der Waals surface area (Å²) in [5.41, 5.74) is 1.82. The van der Waals surface area contributed by atoms with E-state index in [1.165, 1.54) is 19.3 Å². The van der Waals surface area contributed by atoms with Gasteiger partial charge in [-0.25, -0.2) is 9.97 Å². The van der Waals surface area contributed by atoms with Crippen LogP contribution in [-0.4, -0.2) is 15.0 Å². The van der Waals surface area contributed by atoms with E-state index in [2.05, 4.69) is 15.0 Å². The Hall–Kier alpha value is -1.97. The molecule has 2 aromatic rings. The molecule has 0 spiro atoms. The van der Waals surface area contributed by atoms with Crippen molar-refractivity contribution < 1.29 is 0 Å². The van der Waals surface area contributed by atoms with Crippen LogP contribution in [-0.2, 0) is 0 Å². The van der Waals surface area contributed by atoms with Crippen LogP contribution in [0, 0.1) is 0 Å². The molecular formula is C17H23N3O. The first-order valence-corrected chi connectivity index (χ1v) is 7.84. The Kier molecular flexibility index (Phi) is 5.67. The van der Waals surface area contributed by atoms with Crippen molar-refractivity contribution in [1.29, 1.82) is 0 Å². The maximum atomic E-state index is 12.0. The van der Waals surface area contributed by atoms with Gasteiger partial charge in [0.2, 0.25) is 0 Å². The third-order valence-corrected chi connectivity index (χ3v) is 3.80. The molecule has 2 aromatic heterocycles. The highest BCUT2D eigenvalue weighted by Crippen LogP contribution is 2.31. The van der Waals surface area contributed by atoms with Gasteiger partial charge in [-0.1, -0.05) is 33.1 Å². The molecule has 1 N–H and O–H groups in total. The third kappa shape index (κ3) is 3.78. The van der Waals surface area contributed by atoms with Crippen molar-refractivity contribution in [3.63, 3.8) is 0 Å². The maximum Gasteiger partial charge on any atom is 0.251 e. The van der Waals surface area contributed by atoms with Crippen LogP contribution in [0.25, 0.3) is 11.4 Å². The Balaban J connectivity index is 0.000000774. The summed E-state index contributed by atoms with van der Waals surface area (Å²) < 4.78 is 0. The zero-order valence-corrected chi connectivity index (χ0v) is 12.8. The Morgan fingerprint density at radius 1 is 1.10 bits per heavy atom. The van der Waals surface area contributed by atoms with Crippen LogP contribution in [0.2, 0.25) is 0 Å². The molecule has 0 aliphatic heterocycles. The van der Waals surface area contributed by atoms with E-state index in [0.717, 1.165) is 24.0 Å². The molecule has 1 fully saturated rings. The largest absolute Gasteiger partial charge is 0.328 e. The number of pyridine rings is 1. The van der Waals surface area contributed by atoms with Crippen molar-refractivity contribution in [1.82, 2.24) is 15.0 Å². The highest BCUT2D eigenvalue weighted by molar-refractivity contribution is 5.54. The van der Waals surface area contributed by atoms with E-state index in [0.29, 0.717) is 11.7 Å². The molecule has 4 nitrogen and oxygen atoms in total. The molecule has 1 saturated carbocycles. The van der Waals surface area contributed by atoms with Crippen LogP contribution in [0.15, 0.2) is 35.5 Å². The van der Waals surface area contributed by atoms with Gasteiger partial charge in [-0.3, -0.25) is 4.79 Å². The first-order valence-electron chi connectivity index (χ1n) is 7.84. The number of hydrogen-bond donors (Lipinski definition) is 1. The summed E-state index contributed by atoms with van der Waals surface area (Å²) in [6.07, 6.45) is 11.1. The normalized spacial score (nSPS) is 15.1. The van der Waals surface area contributed by atoms with Crippen LogP contribution in [0.3, 0.4) is 0 Å². The Labute approximate surface area is 125 Å². The fourth-order valence-corrected chi connectivity index (χ4v) is 2.80. The van der Waals surface area contributed by atoms with Crippen molar-refractivity contribution in [3.8, 4) is 11.4 Å². The molecule has 0 unspecified atom stereocenters. The Morgan fingerprint density at radius 3 is 2.43 bits per heavy atom. The first-order chi connectivity index (χ1) is 10.3. The quantitative estimate of drug-likeness (QED) is 0.910. The molecule has 0 amide bonds. The SMILES string of the molecule is CC.O=c1[nH]cc(-c2ncccn2)cc1C1CCCCC1. The second kappa shape index (κ2) is 7.72. The van der Waals surface area contributed by atoms with Crippen LogP contribution < -0.4 is 5.56 Å². The molecule has 21 heavy (non-hydrogen) atoms. The zero-order chi connectivity index (χ0) is 15.1. The summed E-state index contributed by atoms with van der Waals surface area (Å²) in [7, 11) is 0. The monoisotopic (exact) mass is 285 g/mol. The van der Waals surface area contributed by atoms with Gasteiger partial charge in [-0.15, -0.1) is 0 Å². The topological polar surface area (TPSA) is 58.6 Å². The number of H-pyrrole nitrogens is 1. The minimum absolute atomic E-state index is 0.0339. The van der Waals surface area contributed by atoms with E-state index < -0.39 is 0 Å². The molecule has 1 aliphatic rings. The summed E-state index contributed by atoms with van der Waals surface area (Å²) in [5.74, 6) is 1.05. The molecule has 0 aromatic carbocycles. The number of aromatic nitrogens is 3. The summed E-state index contributed by atoms with van der Waals surface area (Å²) in [6, 6.07) is 3.75. The number of hydrogen-bond acceptors (Lipinski definition) is 3. The first kappa shape index (κ1) is 15.4. The van der Waals surface area contributed by atoms with Gasteiger partial charge in [0.1, 0.15) is 0 Å². The molecular weight excluding hydrogens is 262 g/mol. The number of nitrogens with one attached hydrogen (secondary N) is 1. The van der Waals surface area contributed by atoms with Crippen molar-refractivity contribution in [2.24, 2.45) is 0 Å². The molecule has 112 valence electrons. The van der Waals surface area contributed by atoms with Gasteiger partial charge >= 0.3 is 0 Å². The molecule has 0 bridgehead atoms. The van der Waals surface area contributed by atoms with Crippen molar-refractivity contribution in [2.45, 2.75) is 51.9 Å². The molecule has 1 aliphatic carbocycles. The lowest BCUT2D eigenvalue weighted by Crippen LogP contribution is -2.18. The van der Waals surface area contributed by atoms with Gasteiger partial charge in [0.25, 0.3) is 5.56 Å². The lowest BCUT2D eigenvalue weighted by atomic mass is 9.84. The molecule has 0 saturated heterocycles. The highest BCUT2D eigenvalue weighted by atomic mass is 16.1. The lowest BCUT2D eigenvalue weighted by molar-refractivity contribution is 0.441. The molecule has 2 heterocycles. The van der Waals surface area contributed by atoms with Gasteiger partial charge in [0.15, 0.2) is 5.82 Å². The smallest absolute Gasteiger partial charge is 0.251 e. The molecule has 4 heteroatoms. The number of aromatic amines is 1. The van der Waals surface area contributed by atoms with Crippen molar-refractivity contribution in [2.75, 3.05) is 0 Å². The fraction of sp³-hybridized carbons (Fsp3) is 0.471. The second-order valence-corrected chi connectivity index (χ2v) is 5.08. The molecule has 0 radical (unpaired) electrons. The van der Waals surface area contributed by atoms with Crippen LogP contribution >= 0.6 is 0 Å². The van der Waals surface area contributed by atoms with E-state index in [4.69, 9.17) is 0 Å². The fourth-order valence-electron chi connectivity index (χ4n) is 2.80. The van der Waals surface area contributed by atoms with Crippen molar-refractivity contribution >= 4 is 0 Å².